The summed E-state index contributed by atoms with van der Waals surface area (Å²) >= 11 is 7.14. The van der Waals surface area contributed by atoms with Crippen LogP contribution in [0.25, 0.3) is 0 Å². The van der Waals surface area contributed by atoms with Gasteiger partial charge in [-0.2, -0.15) is 0 Å². The number of aromatic nitrogens is 2. The molecule has 1 aromatic carbocycles. The van der Waals surface area contributed by atoms with Crippen molar-refractivity contribution in [3.8, 4) is 0 Å². The molecule has 110 valence electrons. The average Bonchev–Trinajstić information content (AvgIpc) is 2.99. The van der Waals surface area contributed by atoms with Crippen LogP contribution < -0.4 is 0 Å². The van der Waals surface area contributed by atoms with E-state index in [1.54, 1.807) is 0 Å². The maximum Gasteiger partial charge on any atom is 0.130 e. The van der Waals surface area contributed by atoms with E-state index in [1.165, 1.54) is 41.8 Å². The van der Waals surface area contributed by atoms with E-state index in [1.807, 2.05) is 17.8 Å². The van der Waals surface area contributed by atoms with Crippen LogP contribution in [0.2, 0.25) is 0 Å². The molecule has 0 unspecified atom stereocenters. The Hall–Kier alpha value is -1.13. The molecule has 3 rings (SSSR count). The van der Waals surface area contributed by atoms with Gasteiger partial charge in [-0.3, -0.25) is 0 Å². The number of aromatic amines is 1. The third-order valence-electron chi connectivity index (χ3n) is 3.97. The number of benzene rings is 1. The molecule has 0 saturated heterocycles. The lowest BCUT2D eigenvalue weighted by Crippen LogP contribution is -2.02. The lowest BCUT2D eigenvalue weighted by molar-refractivity contribution is 0.687. The van der Waals surface area contributed by atoms with E-state index < -0.39 is 0 Å². The smallest absolute Gasteiger partial charge is 0.130 e. The molecule has 1 aliphatic carbocycles. The van der Waals surface area contributed by atoms with E-state index in [4.69, 9.17) is 12.2 Å². The Morgan fingerprint density at radius 3 is 2.86 bits per heavy atom. The highest BCUT2D eigenvalue weighted by Gasteiger charge is 2.18. The minimum atomic E-state index is 0.650. The second-order valence-corrected chi connectivity index (χ2v) is 7.18. The number of aryl methyl sites for hydroxylation is 1. The molecule has 21 heavy (non-hydrogen) atoms. The van der Waals surface area contributed by atoms with Crippen LogP contribution in [-0.4, -0.2) is 9.97 Å². The molecule has 0 radical (unpaired) electrons. The van der Waals surface area contributed by atoms with Gasteiger partial charge in [0.05, 0.1) is 5.75 Å². The van der Waals surface area contributed by atoms with Crippen LogP contribution in [-0.2, 0) is 5.75 Å². The summed E-state index contributed by atoms with van der Waals surface area (Å²) in [5.41, 5.74) is 2.58. The Morgan fingerprint density at radius 1 is 1.29 bits per heavy atom. The van der Waals surface area contributed by atoms with Crippen LogP contribution >= 0.6 is 24.0 Å². The molecule has 4 heteroatoms. The molecule has 1 heterocycles. The molecule has 0 aliphatic heterocycles. The van der Waals surface area contributed by atoms with E-state index in [0.717, 1.165) is 16.2 Å². The molecule has 1 N–H and O–H groups in total. The van der Waals surface area contributed by atoms with Crippen LogP contribution in [0.15, 0.2) is 35.2 Å². The van der Waals surface area contributed by atoms with Gasteiger partial charge in [0, 0.05) is 10.6 Å². The zero-order chi connectivity index (χ0) is 14.7. The SMILES string of the molecule is Cc1cccc(SCc2nc(=S)cc(C3CCCC3)[nH]2)c1. The van der Waals surface area contributed by atoms with Crippen molar-refractivity contribution in [2.45, 2.75) is 49.2 Å². The van der Waals surface area contributed by atoms with Gasteiger partial charge in [0.1, 0.15) is 10.5 Å². The minimum Gasteiger partial charge on any atom is -0.346 e. The highest BCUT2D eigenvalue weighted by atomic mass is 32.2. The van der Waals surface area contributed by atoms with Gasteiger partial charge in [-0.1, -0.05) is 42.8 Å². The Labute approximate surface area is 135 Å². The molecule has 2 aromatic rings. The Bertz CT molecular complexity index is 672. The number of nitrogens with zero attached hydrogens (tertiary/aromatic N) is 1. The van der Waals surface area contributed by atoms with Crippen molar-refractivity contribution in [3.63, 3.8) is 0 Å². The topological polar surface area (TPSA) is 28.7 Å². The minimum absolute atomic E-state index is 0.650. The van der Waals surface area contributed by atoms with E-state index in [-0.39, 0.29) is 0 Å². The predicted octanol–water partition coefficient (Wildman–Crippen LogP) is 5.40. The molecule has 1 aliphatic rings. The molecule has 1 aromatic heterocycles. The molecule has 0 bridgehead atoms. The fourth-order valence-corrected chi connectivity index (χ4v) is 4.03. The quantitative estimate of drug-likeness (QED) is 0.605. The Kier molecular flexibility index (Phi) is 4.76. The van der Waals surface area contributed by atoms with Crippen LogP contribution in [0.5, 0.6) is 0 Å². The average molecular weight is 316 g/mol. The number of nitrogens with one attached hydrogen (secondary N) is 1. The number of rotatable bonds is 4. The van der Waals surface area contributed by atoms with Crippen molar-refractivity contribution >= 4 is 24.0 Å². The van der Waals surface area contributed by atoms with Crippen molar-refractivity contribution in [3.05, 3.63) is 52.1 Å². The third kappa shape index (κ3) is 3.95. The number of thioether (sulfide) groups is 1. The summed E-state index contributed by atoms with van der Waals surface area (Å²) in [7, 11) is 0. The van der Waals surface area contributed by atoms with Crippen molar-refractivity contribution in [1.29, 1.82) is 0 Å². The Balaban J connectivity index is 1.74. The summed E-state index contributed by atoms with van der Waals surface area (Å²) in [5.74, 6) is 2.49. The van der Waals surface area contributed by atoms with Gasteiger partial charge in [0.15, 0.2) is 0 Å². The number of H-pyrrole nitrogens is 1. The summed E-state index contributed by atoms with van der Waals surface area (Å²) in [6.07, 6.45) is 5.22. The predicted molar refractivity (Wildman–Crippen MR) is 91.4 cm³/mol. The lowest BCUT2D eigenvalue weighted by atomic mass is 10.0. The maximum atomic E-state index is 5.33. The first kappa shape index (κ1) is 14.8. The first-order valence-electron chi connectivity index (χ1n) is 7.50. The number of hydrogen-bond donors (Lipinski definition) is 1. The van der Waals surface area contributed by atoms with E-state index in [0.29, 0.717) is 5.92 Å². The molecule has 1 fully saturated rings. The second kappa shape index (κ2) is 6.75. The van der Waals surface area contributed by atoms with Gasteiger partial charge in [-0.15, -0.1) is 11.8 Å². The van der Waals surface area contributed by atoms with E-state index in [9.17, 15) is 0 Å². The summed E-state index contributed by atoms with van der Waals surface area (Å²) in [5, 5.41) is 0. The largest absolute Gasteiger partial charge is 0.346 e. The standard InChI is InChI=1S/C17H20N2S2/c1-12-5-4-8-14(9-12)21-11-16-18-15(10-17(20)19-16)13-6-2-3-7-13/h4-5,8-10,13H,2-3,6-7,11H2,1H3,(H,18,19,20). The van der Waals surface area contributed by atoms with Crippen LogP contribution in [0.3, 0.4) is 0 Å². The zero-order valence-corrected chi connectivity index (χ0v) is 13.9. The van der Waals surface area contributed by atoms with E-state index >= 15 is 0 Å². The summed E-state index contributed by atoms with van der Waals surface area (Å²) in [4.78, 5) is 9.27. The van der Waals surface area contributed by atoms with Crippen LogP contribution in [0.1, 0.15) is 48.7 Å². The summed E-state index contributed by atoms with van der Waals surface area (Å²) in [6.45, 7) is 2.12. The third-order valence-corrected chi connectivity index (χ3v) is 5.19. The van der Waals surface area contributed by atoms with Gasteiger partial charge in [-0.25, -0.2) is 4.98 Å². The first-order chi connectivity index (χ1) is 10.2. The van der Waals surface area contributed by atoms with Gasteiger partial charge >= 0.3 is 0 Å². The van der Waals surface area contributed by atoms with Crippen LogP contribution in [0.4, 0.5) is 0 Å². The van der Waals surface area contributed by atoms with Crippen LogP contribution in [0, 0.1) is 11.6 Å². The highest BCUT2D eigenvalue weighted by molar-refractivity contribution is 7.98. The van der Waals surface area contributed by atoms with Gasteiger partial charge < -0.3 is 4.98 Å². The summed E-state index contributed by atoms with van der Waals surface area (Å²) in [6, 6.07) is 10.6. The van der Waals surface area contributed by atoms with Gasteiger partial charge in [0.25, 0.3) is 0 Å². The normalized spacial score (nSPS) is 15.5. The fraction of sp³-hybridized carbons (Fsp3) is 0.412. The molecule has 0 spiro atoms. The molecule has 0 atom stereocenters. The molecular formula is C17H20N2S2. The molecular weight excluding hydrogens is 296 g/mol. The first-order valence-corrected chi connectivity index (χ1v) is 8.90. The van der Waals surface area contributed by atoms with Crippen molar-refractivity contribution in [2.24, 2.45) is 0 Å². The number of hydrogen-bond acceptors (Lipinski definition) is 3. The van der Waals surface area contributed by atoms with Crippen molar-refractivity contribution in [2.75, 3.05) is 0 Å². The van der Waals surface area contributed by atoms with E-state index in [2.05, 4.69) is 41.2 Å². The molecule has 2 nitrogen and oxygen atoms in total. The highest BCUT2D eigenvalue weighted by Crippen LogP contribution is 2.33. The Morgan fingerprint density at radius 2 is 2.10 bits per heavy atom. The monoisotopic (exact) mass is 316 g/mol. The summed E-state index contributed by atoms with van der Waals surface area (Å²) < 4.78 is 0.718. The molecule has 1 saturated carbocycles. The lowest BCUT2D eigenvalue weighted by Gasteiger charge is -2.11. The van der Waals surface area contributed by atoms with Crippen molar-refractivity contribution in [1.82, 2.24) is 9.97 Å². The van der Waals surface area contributed by atoms with Gasteiger partial charge in [0.2, 0.25) is 0 Å². The molecule has 0 amide bonds. The maximum absolute atomic E-state index is 5.33. The zero-order valence-electron chi connectivity index (χ0n) is 12.3. The van der Waals surface area contributed by atoms with Crippen molar-refractivity contribution < 1.29 is 0 Å². The fourth-order valence-electron chi connectivity index (χ4n) is 2.91. The van der Waals surface area contributed by atoms with Gasteiger partial charge in [-0.05, 0) is 43.9 Å². The second-order valence-electron chi connectivity index (χ2n) is 5.71.